The largest absolute Gasteiger partial charge is 0.359 e. The van der Waals surface area contributed by atoms with Crippen molar-refractivity contribution in [1.82, 2.24) is 10.3 Å². The van der Waals surface area contributed by atoms with Gasteiger partial charge in [0, 0.05) is 25.2 Å². The quantitative estimate of drug-likeness (QED) is 0.730. The number of rotatable bonds is 4. The van der Waals surface area contributed by atoms with Gasteiger partial charge in [0.1, 0.15) is 0 Å². The molecule has 0 saturated carbocycles. The van der Waals surface area contributed by atoms with Crippen molar-refractivity contribution in [3.63, 3.8) is 0 Å². The van der Waals surface area contributed by atoms with Crippen molar-refractivity contribution in [3.05, 3.63) is 34.2 Å². The minimum absolute atomic E-state index is 0.0114. The van der Waals surface area contributed by atoms with E-state index in [1.807, 2.05) is 0 Å². The van der Waals surface area contributed by atoms with E-state index >= 15 is 0 Å². The number of aromatic nitrogens is 1. The Hall–Kier alpha value is -1.58. The molecule has 4 heteroatoms. The van der Waals surface area contributed by atoms with Gasteiger partial charge in [0.2, 0.25) is 5.91 Å². The Balaban J connectivity index is 2.43. The van der Waals surface area contributed by atoms with Crippen LogP contribution in [0.15, 0.2) is 23.1 Å². The smallest absolute Gasteiger partial charge is 0.251 e. The summed E-state index contributed by atoms with van der Waals surface area (Å²) in [4.78, 5) is 24.7. The maximum Gasteiger partial charge on any atom is 0.251 e. The molecule has 4 nitrogen and oxygen atoms in total. The van der Waals surface area contributed by atoms with Crippen LogP contribution >= 0.6 is 0 Å². The molecule has 0 saturated heterocycles. The number of carbonyl (C=O) groups is 1. The van der Waals surface area contributed by atoms with Crippen LogP contribution in [0, 0.1) is 0 Å². The Labute approximate surface area is 82.3 Å². The molecule has 0 aliphatic rings. The van der Waals surface area contributed by atoms with E-state index in [9.17, 15) is 9.59 Å². The van der Waals surface area contributed by atoms with Gasteiger partial charge in [0.05, 0.1) is 0 Å². The van der Waals surface area contributed by atoms with Crippen molar-refractivity contribution in [2.24, 2.45) is 0 Å². The zero-order chi connectivity index (χ0) is 10.4. The molecule has 2 N–H and O–H groups in total. The number of aromatic amines is 1. The van der Waals surface area contributed by atoms with Crippen molar-refractivity contribution in [3.8, 4) is 0 Å². The fraction of sp³-hybridized carbons (Fsp3) is 0.400. The van der Waals surface area contributed by atoms with E-state index in [1.54, 1.807) is 25.4 Å². The lowest BCUT2D eigenvalue weighted by atomic mass is 10.1. The van der Waals surface area contributed by atoms with Gasteiger partial charge in [-0.05, 0) is 18.9 Å². The number of hydrogen-bond acceptors (Lipinski definition) is 2. The maximum atomic E-state index is 11.2. The van der Waals surface area contributed by atoms with Crippen LogP contribution in [0.1, 0.15) is 18.4 Å². The Morgan fingerprint density at radius 3 is 3.00 bits per heavy atom. The number of carbonyl (C=O) groups excluding carboxylic acids is 1. The summed E-state index contributed by atoms with van der Waals surface area (Å²) < 4.78 is 0. The molecule has 0 aliphatic heterocycles. The summed E-state index contributed by atoms with van der Waals surface area (Å²) in [5.74, 6) is 0.0114. The lowest BCUT2D eigenvalue weighted by Gasteiger charge is -1.99. The predicted octanol–water partition coefficient (Wildman–Crippen LogP) is 0.444. The van der Waals surface area contributed by atoms with Crippen LogP contribution in [-0.4, -0.2) is 17.9 Å². The third kappa shape index (κ3) is 3.05. The second-order valence-electron chi connectivity index (χ2n) is 3.05. The van der Waals surface area contributed by atoms with E-state index in [0.717, 1.165) is 5.56 Å². The molecule has 0 aliphatic carbocycles. The van der Waals surface area contributed by atoms with Crippen molar-refractivity contribution in [2.75, 3.05) is 7.05 Å². The Morgan fingerprint density at radius 2 is 2.36 bits per heavy atom. The summed E-state index contributed by atoms with van der Waals surface area (Å²) in [6.07, 6.45) is 3.41. The molecular weight excluding hydrogens is 180 g/mol. The minimum Gasteiger partial charge on any atom is -0.359 e. The van der Waals surface area contributed by atoms with Crippen LogP contribution in [0.3, 0.4) is 0 Å². The standard InChI is InChI=1S/C10H14N2O2/c1-11-9(13)6-2-4-8-5-3-7-12-10(8)14/h3,5,7H,2,4,6H2,1H3,(H,11,13)(H,12,14). The number of aryl methyl sites for hydroxylation is 1. The molecular formula is C10H14N2O2. The number of amides is 1. The highest BCUT2D eigenvalue weighted by molar-refractivity contribution is 5.75. The second kappa shape index (κ2) is 5.21. The van der Waals surface area contributed by atoms with Crippen molar-refractivity contribution >= 4 is 5.91 Å². The lowest BCUT2D eigenvalue weighted by Crippen LogP contribution is -2.18. The van der Waals surface area contributed by atoms with Crippen molar-refractivity contribution < 1.29 is 4.79 Å². The van der Waals surface area contributed by atoms with E-state index in [0.29, 0.717) is 19.3 Å². The highest BCUT2D eigenvalue weighted by Gasteiger charge is 2.00. The van der Waals surface area contributed by atoms with Crippen molar-refractivity contribution in [2.45, 2.75) is 19.3 Å². The maximum absolute atomic E-state index is 11.2. The average Bonchev–Trinajstić information content (AvgIpc) is 2.20. The highest BCUT2D eigenvalue weighted by Crippen LogP contribution is 1.98. The van der Waals surface area contributed by atoms with E-state index in [4.69, 9.17) is 0 Å². The molecule has 0 radical (unpaired) electrons. The first-order valence-electron chi connectivity index (χ1n) is 4.61. The zero-order valence-electron chi connectivity index (χ0n) is 8.17. The van der Waals surface area contributed by atoms with Gasteiger partial charge < -0.3 is 10.3 Å². The first-order chi connectivity index (χ1) is 6.74. The summed E-state index contributed by atoms with van der Waals surface area (Å²) in [7, 11) is 1.61. The number of pyridine rings is 1. The van der Waals surface area contributed by atoms with Crippen LogP contribution in [-0.2, 0) is 11.2 Å². The summed E-state index contributed by atoms with van der Waals surface area (Å²) in [5.41, 5.74) is 0.667. The molecule has 0 fully saturated rings. The van der Waals surface area contributed by atoms with Gasteiger partial charge in [-0.2, -0.15) is 0 Å². The number of H-pyrrole nitrogens is 1. The van der Waals surface area contributed by atoms with Crippen LogP contribution < -0.4 is 10.9 Å². The van der Waals surface area contributed by atoms with Gasteiger partial charge >= 0.3 is 0 Å². The summed E-state index contributed by atoms with van der Waals surface area (Å²) in [5, 5.41) is 2.54. The van der Waals surface area contributed by atoms with Gasteiger partial charge in [0.15, 0.2) is 0 Å². The molecule has 1 aromatic rings. The molecule has 76 valence electrons. The van der Waals surface area contributed by atoms with Crippen LogP contribution in [0.25, 0.3) is 0 Å². The minimum atomic E-state index is -0.0654. The predicted molar refractivity (Wildman–Crippen MR) is 54.1 cm³/mol. The van der Waals surface area contributed by atoms with E-state index < -0.39 is 0 Å². The fourth-order valence-corrected chi connectivity index (χ4v) is 1.22. The van der Waals surface area contributed by atoms with E-state index in [2.05, 4.69) is 10.3 Å². The molecule has 0 unspecified atom stereocenters. The number of hydrogen-bond donors (Lipinski definition) is 2. The molecule has 0 spiro atoms. The topological polar surface area (TPSA) is 62.0 Å². The van der Waals surface area contributed by atoms with Crippen molar-refractivity contribution in [1.29, 1.82) is 0 Å². The fourth-order valence-electron chi connectivity index (χ4n) is 1.22. The average molecular weight is 194 g/mol. The zero-order valence-corrected chi connectivity index (χ0v) is 8.17. The molecule has 14 heavy (non-hydrogen) atoms. The summed E-state index contributed by atoms with van der Waals surface area (Å²) in [6.45, 7) is 0. The monoisotopic (exact) mass is 194 g/mol. The van der Waals surface area contributed by atoms with Crippen LogP contribution in [0.2, 0.25) is 0 Å². The first kappa shape index (κ1) is 10.5. The van der Waals surface area contributed by atoms with Gasteiger partial charge in [0.25, 0.3) is 5.56 Å². The molecule has 1 amide bonds. The second-order valence-corrected chi connectivity index (χ2v) is 3.05. The molecule has 1 rings (SSSR count). The van der Waals surface area contributed by atoms with Crippen LogP contribution in [0.4, 0.5) is 0 Å². The Morgan fingerprint density at radius 1 is 1.57 bits per heavy atom. The molecule has 0 bridgehead atoms. The Bertz CT molecular complexity index is 357. The normalized spacial score (nSPS) is 9.79. The lowest BCUT2D eigenvalue weighted by molar-refractivity contribution is -0.120. The third-order valence-electron chi connectivity index (χ3n) is 2.03. The summed E-state index contributed by atoms with van der Waals surface area (Å²) in [6, 6.07) is 3.57. The SMILES string of the molecule is CNC(=O)CCCc1ccc[nH]c1=O. The molecule has 1 aromatic heterocycles. The molecule has 1 heterocycles. The first-order valence-corrected chi connectivity index (χ1v) is 4.61. The number of nitrogens with one attached hydrogen (secondary N) is 2. The van der Waals surface area contributed by atoms with E-state index in [-0.39, 0.29) is 11.5 Å². The van der Waals surface area contributed by atoms with E-state index in [1.165, 1.54) is 0 Å². The Kier molecular flexibility index (Phi) is 3.91. The molecule has 0 atom stereocenters. The summed E-state index contributed by atoms with van der Waals surface area (Å²) >= 11 is 0. The molecule has 0 aromatic carbocycles. The third-order valence-corrected chi connectivity index (χ3v) is 2.03. The van der Waals surface area contributed by atoms with Gasteiger partial charge in [-0.15, -0.1) is 0 Å². The van der Waals surface area contributed by atoms with Crippen LogP contribution in [0.5, 0.6) is 0 Å². The van der Waals surface area contributed by atoms with Gasteiger partial charge in [-0.3, -0.25) is 9.59 Å². The van der Waals surface area contributed by atoms with Gasteiger partial charge in [-0.1, -0.05) is 6.07 Å². The highest BCUT2D eigenvalue weighted by atomic mass is 16.1. The van der Waals surface area contributed by atoms with Gasteiger partial charge in [-0.25, -0.2) is 0 Å².